The summed E-state index contributed by atoms with van der Waals surface area (Å²) in [6, 6.07) is 0. The molecule has 0 aliphatic rings. The molecule has 0 aromatic carbocycles. The molecule has 0 spiro atoms. The molecule has 0 aromatic heterocycles. The fourth-order valence-electron chi connectivity index (χ4n) is 1.00. The van der Waals surface area contributed by atoms with Gasteiger partial charge in [-0.2, -0.15) is 0 Å². The normalized spacial score (nSPS) is 14.4. The molecule has 72 valence electrons. The minimum Gasteiger partial charge on any atom is -0.393 e. The summed E-state index contributed by atoms with van der Waals surface area (Å²) in [4.78, 5) is 0. The number of rotatable bonds is 6. The SMILES string of the molecule is CC(C)CCC=CCCC(C)O. The van der Waals surface area contributed by atoms with Crippen LogP contribution in [0, 0.1) is 5.92 Å². The second-order valence-electron chi connectivity index (χ2n) is 3.87. The lowest BCUT2D eigenvalue weighted by molar-refractivity contribution is 0.186. The van der Waals surface area contributed by atoms with E-state index in [1.807, 2.05) is 6.92 Å². The Kier molecular flexibility index (Phi) is 7.17. The van der Waals surface area contributed by atoms with Gasteiger partial charge in [-0.3, -0.25) is 0 Å². The van der Waals surface area contributed by atoms with Gasteiger partial charge in [0.15, 0.2) is 0 Å². The summed E-state index contributed by atoms with van der Waals surface area (Å²) in [5, 5.41) is 8.96. The van der Waals surface area contributed by atoms with E-state index in [0.29, 0.717) is 0 Å². The van der Waals surface area contributed by atoms with E-state index < -0.39 is 0 Å². The number of allylic oxidation sites excluding steroid dienone is 2. The standard InChI is InChI=1S/C11H22O/c1-10(2)8-6-4-5-7-9-11(3)12/h4-5,10-12H,6-9H2,1-3H3. The summed E-state index contributed by atoms with van der Waals surface area (Å²) in [5.74, 6) is 0.798. The predicted molar refractivity (Wildman–Crippen MR) is 54.1 cm³/mol. The highest BCUT2D eigenvalue weighted by Crippen LogP contribution is 2.05. The van der Waals surface area contributed by atoms with E-state index in [4.69, 9.17) is 5.11 Å². The van der Waals surface area contributed by atoms with Gasteiger partial charge >= 0.3 is 0 Å². The predicted octanol–water partition coefficient (Wildman–Crippen LogP) is 3.14. The van der Waals surface area contributed by atoms with Crippen LogP contribution in [0.2, 0.25) is 0 Å². The highest BCUT2D eigenvalue weighted by atomic mass is 16.3. The lowest BCUT2D eigenvalue weighted by Gasteiger charge is -2.00. The van der Waals surface area contributed by atoms with Gasteiger partial charge in [-0.15, -0.1) is 0 Å². The van der Waals surface area contributed by atoms with E-state index in [1.165, 1.54) is 12.8 Å². The second-order valence-corrected chi connectivity index (χ2v) is 3.87. The van der Waals surface area contributed by atoms with Crippen LogP contribution in [0.5, 0.6) is 0 Å². The zero-order chi connectivity index (χ0) is 9.40. The van der Waals surface area contributed by atoms with Crippen molar-refractivity contribution in [3.05, 3.63) is 12.2 Å². The van der Waals surface area contributed by atoms with Gasteiger partial charge in [0.2, 0.25) is 0 Å². The third-order valence-electron chi connectivity index (χ3n) is 1.83. The summed E-state index contributed by atoms with van der Waals surface area (Å²) < 4.78 is 0. The molecule has 0 saturated carbocycles. The summed E-state index contributed by atoms with van der Waals surface area (Å²) in [6.07, 6.45) is 8.59. The average Bonchev–Trinajstić information content (AvgIpc) is 1.95. The number of aliphatic hydroxyl groups is 1. The van der Waals surface area contributed by atoms with E-state index in [1.54, 1.807) is 0 Å². The molecule has 0 aliphatic carbocycles. The van der Waals surface area contributed by atoms with Crippen LogP contribution in [0.1, 0.15) is 46.5 Å². The van der Waals surface area contributed by atoms with Crippen molar-refractivity contribution in [1.82, 2.24) is 0 Å². The summed E-state index contributed by atoms with van der Waals surface area (Å²) in [7, 11) is 0. The molecule has 0 heterocycles. The van der Waals surface area contributed by atoms with Crippen LogP contribution in [0.15, 0.2) is 12.2 Å². The second kappa shape index (κ2) is 7.35. The molecular weight excluding hydrogens is 148 g/mol. The van der Waals surface area contributed by atoms with E-state index in [9.17, 15) is 0 Å². The summed E-state index contributed by atoms with van der Waals surface area (Å²) >= 11 is 0. The monoisotopic (exact) mass is 170 g/mol. The van der Waals surface area contributed by atoms with Crippen molar-refractivity contribution in [3.8, 4) is 0 Å². The molecule has 0 radical (unpaired) electrons. The zero-order valence-electron chi connectivity index (χ0n) is 8.59. The Morgan fingerprint density at radius 1 is 1.00 bits per heavy atom. The first-order chi connectivity index (χ1) is 5.63. The Balaban J connectivity index is 3.15. The van der Waals surface area contributed by atoms with Gasteiger partial charge in [0, 0.05) is 0 Å². The molecule has 1 heteroatoms. The average molecular weight is 170 g/mol. The van der Waals surface area contributed by atoms with Gasteiger partial charge in [-0.1, -0.05) is 26.0 Å². The van der Waals surface area contributed by atoms with Crippen LogP contribution in [-0.2, 0) is 0 Å². The molecule has 1 N–H and O–H groups in total. The number of aliphatic hydroxyl groups excluding tert-OH is 1. The molecule has 1 unspecified atom stereocenters. The van der Waals surface area contributed by atoms with E-state index >= 15 is 0 Å². The molecule has 0 aliphatic heterocycles. The van der Waals surface area contributed by atoms with Gasteiger partial charge in [-0.25, -0.2) is 0 Å². The van der Waals surface area contributed by atoms with E-state index in [0.717, 1.165) is 18.8 Å². The van der Waals surface area contributed by atoms with Crippen LogP contribution in [-0.4, -0.2) is 11.2 Å². The van der Waals surface area contributed by atoms with Crippen molar-refractivity contribution in [2.75, 3.05) is 0 Å². The Labute approximate surface area is 76.5 Å². The van der Waals surface area contributed by atoms with Gasteiger partial charge in [0.1, 0.15) is 0 Å². The smallest absolute Gasteiger partial charge is 0.0515 e. The first kappa shape index (κ1) is 11.7. The minimum absolute atomic E-state index is 0.153. The van der Waals surface area contributed by atoms with Crippen molar-refractivity contribution in [1.29, 1.82) is 0 Å². The van der Waals surface area contributed by atoms with Gasteiger partial charge in [0.05, 0.1) is 6.10 Å². The summed E-state index contributed by atoms with van der Waals surface area (Å²) in [5.41, 5.74) is 0. The van der Waals surface area contributed by atoms with Crippen molar-refractivity contribution in [2.24, 2.45) is 5.92 Å². The van der Waals surface area contributed by atoms with Crippen molar-refractivity contribution >= 4 is 0 Å². The number of hydrogen-bond acceptors (Lipinski definition) is 1. The molecule has 1 nitrogen and oxygen atoms in total. The highest BCUT2D eigenvalue weighted by Gasteiger charge is 1.92. The Morgan fingerprint density at radius 3 is 1.92 bits per heavy atom. The first-order valence-corrected chi connectivity index (χ1v) is 4.96. The molecular formula is C11H22O. The van der Waals surface area contributed by atoms with E-state index in [-0.39, 0.29) is 6.10 Å². The van der Waals surface area contributed by atoms with Gasteiger partial charge in [-0.05, 0) is 38.5 Å². The maximum absolute atomic E-state index is 8.96. The van der Waals surface area contributed by atoms with E-state index in [2.05, 4.69) is 26.0 Å². The summed E-state index contributed by atoms with van der Waals surface area (Å²) in [6.45, 7) is 6.31. The van der Waals surface area contributed by atoms with Gasteiger partial charge in [0.25, 0.3) is 0 Å². The van der Waals surface area contributed by atoms with Crippen LogP contribution in [0.25, 0.3) is 0 Å². The maximum atomic E-state index is 8.96. The molecule has 0 rings (SSSR count). The molecule has 1 atom stereocenters. The topological polar surface area (TPSA) is 20.2 Å². The van der Waals surface area contributed by atoms with Crippen molar-refractivity contribution in [3.63, 3.8) is 0 Å². The van der Waals surface area contributed by atoms with Crippen LogP contribution in [0.3, 0.4) is 0 Å². The Morgan fingerprint density at radius 2 is 1.50 bits per heavy atom. The minimum atomic E-state index is -0.153. The molecule has 0 aromatic rings. The zero-order valence-corrected chi connectivity index (χ0v) is 8.59. The third-order valence-corrected chi connectivity index (χ3v) is 1.83. The molecule has 12 heavy (non-hydrogen) atoms. The molecule has 0 fully saturated rings. The lowest BCUT2D eigenvalue weighted by Crippen LogP contribution is -1.96. The molecule has 0 saturated heterocycles. The quantitative estimate of drug-likeness (QED) is 0.607. The molecule has 0 bridgehead atoms. The Bertz CT molecular complexity index is 100. The Hall–Kier alpha value is -0.300. The van der Waals surface area contributed by atoms with Gasteiger partial charge < -0.3 is 5.11 Å². The molecule has 0 amide bonds. The third kappa shape index (κ3) is 9.70. The fraction of sp³-hybridized carbons (Fsp3) is 0.818. The number of hydrogen-bond donors (Lipinski definition) is 1. The van der Waals surface area contributed by atoms with Crippen molar-refractivity contribution in [2.45, 2.75) is 52.6 Å². The van der Waals surface area contributed by atoms with Crippen LogP contribution in [0.4, 0.5) is 0 Å². The lowest BCUT2D eigenvalue weighted by atomic mass is 10.1. The van der Waals surface area contributed by atoms with Crippen molar-refractivity contribution < 1.29 is 5.11 Å². The maximum Gasteiger partial charge on any atom is 0.0515 e. The fourth-order valence-corrected chi connectivity index (χ4v) is 1.00. The van der Waals surface area contributed by atoms with Crippen LogP contribution < -0.4 is 0 Å². The van der Waals surface area contributed by atoms with Crippen LogP contribution >= 0.6 is 0 Å². The largest absolute Gasteiger partial charge is 0.393 e. The first-order valence-electron chi connectivity index (χ1n) is 4.96. The highest BCUT2D eigenvalue weighted by molar-refractivity contribution is 4.82.